The van der Waals surface area contributed by atoms with E-state index in [4.69, 9.17) is 16.3 Å². The van der Waals surface area contributed by atoms with E-state index in [-0.39, 0.29) is 6.04 Å². The van der Waals surface area contributed by atoms with Crippen LogP contribution in [-0.2, 0) is 6.42 Å². The molecule has 0 saturated heterocycles. The molecule has 0 spiro atoms. The predicted molar refractivity (Wildman–Crippen MR) is 125 cm³/mol. The van der Waals surface area contributed by atoms with Gasteiger partial charge in [-0.3, -0.25) is 0 Å². The normalized spacial score (nSPS) is 21.6. The zero-order valence-corrected chi connectivity index (χ0v) is 17.7. The van der Waals surface area contributed by atoms with Crippen LogP contribution in [0.1, 0.15) is 41.5 Å². The Bertz CT molecular complexity index is 1050. The van der Waals surface area contributed by atoms with Crippen molar-refractivity contribution >= 4 is 17.3 Å². The molecule has 1 N–H and O–H groups in total. The highest BCUT2D eigenvalue weighted by Crippen LogP contribution is 2.51. The van der Waals surface area contributed by atoms with Gasteiger partial charge in [0.2, 0.25) is 0 Å². The summed E-state index contributed by atoms with van der Waals surface area (Å²) < 4.78 is 6.10. The van der Waals surface area contributed by atoms with Crippen LogP contribution in [-0.4, -0.2) is 6.61 Å². The van der Waals surface area contributed by atoms with E-state index in [2.05, 4.69) is 78.1 Å². The Morgan fingerprint density at radius 3 is 2.63 bits per heavy atom. The number of halogens is 1. The predicted octanol–water partition coefficient (Wildman–Crippen LogP) is 7.18. The van der Waals surface area contributed by atoms with Gasteiger partial charge < -0.3 is 10.1 Å². The second-order valence-electron chi connectivity index (χ2n) is 8.18. The molecule has 3 unspecified atom stereocenters. The van der Waals surface area contributed by atoms with E-state index in [0.717, 1.165) is 36.6 Å². The number of hydrogen-bond acceptors (Lipinski definition) is 2. The molecule has 0 radical (unpaired) electrons. The van der Waals surface area contributed by atoms with Crippen LogP contribution in [0.3, 0.4) is 0 Å². The average Bonchev–Trinajstić information content (AvgIpc) is 3.28. The first kappa shape index (κ1) is 19.3. The van der Waals surface area contributed by atoms with Gasteiger partial charge in [-0.05, 0) is 66.1 Å². The van der Waals surface area contributed by atoms with Crippen LogP contribution in [0, 0.1) is 5.92 Å². The van der Waals surface area contributed by atoms with Gasteiger partial charge >= 0.3 is 0 Å². The molecule has 1 aliphatic heterocycles. The molecule has 3 heteroatoms. The number of allylic oxidation sites excluding steroid dienone is 2. The van der Waals surface area contributed by atoms with Crippen LogP contribution in [0.15, 0.2) is 84.9 Å². The molecule has 0 fully saturated rings. The van der Waals surface area contributed by atoms with Gasteiger partial charge in [0.05, 0.1) is 12.6 Å². The largest absolute Gasteiger partial charge is 0.494 e. The van der Waals surface area contributed by atoms with Crippen molar-refractivity contribution in [2.45, 2.75) is 31.2 Å². The molecule has 3 atom stereocenters. The van der Waals surface area contributed by atoms with Crippen LogP contribution in [0.4, 0.5) is 5.69 Å². The van der Waals surface area contributed by atoms with Gasteiger partial charge in [0.1, 0.15) is 5.75 Å². The molecule has 152 valence electrons. The molecule has 0 amide bonds. The Morgan fingerprint density at radius 1 is 0.933 bits per heavy atom. The number of hydrogen-bond donors (Lipinski definition) is 1. The van der Waals surface area contributed by atoms with Crippen LogP contribution in [0.25, 0.3) is 0 Å². The SMILES string of the molecule is Clc1ccccc1C1Nc2ccc(OCCCc3ccccc3)cc2C2C=CCC21. The zero-order chi connectivity index (χ0) is 20.3. The maximum atomic E-state index is 6.54. The summed E-state index contributed by atoms with van der Waals surface area (Å²) in [4.78, 5) is 0. The molecule has 1 heterocycles. The van der Waals surface area contributed by atoms with Crippen molar-refractivity contribution < 1.29 is 4.74 Å². The number of nitrogens with one attached hydrogen (secondary N) is 1. The highest BCUT2D eigenvalue weighted by atomic mass is 35.5. The fourth-order valence-electron chi connectivity index (χ4n) is 4.81. The molecule has 30 heavy (non-hydrogen) atoms. The average molecular weight is 416 g/mol. The van der Waals surface area contributed by atoms with Crippen molar-refractivity contribution in [3.05, 3.63) is 107 Å². The summed E-state index contributed by atoms with van der Waals surface area (Å²) in [6, 6.07) is 25.5. The molecular formula is C27H26ClNO. The first-order chi connectivity index (χ1) is 14.8. The lowest BCUT2D eigenvalue weighted by molar-refractivity contribution is 0.310. The van der Waals surface area contributed by atoms with E-state index in [1.807, 2.05) is 12.1 Å². The lowest BCUT2D eigenvalue weighted by Gasteiger charge is -2.38. The summed E-state index contributed by atoms with van der Waals surface area (Å²) in [5.41, 5.74) is 5.06. The molecule has 0 aromatic heterocycles. The fraction of sp³-hybridized carbons (Fsp3) is 0.259. The molecule has 1 aliphatic carbocycles. The van der Waals surface area contributed by atoms with Crippen molar-refractivity contribution in [3.63, 3.8) is 0 Å². The summed E-state index contributed by atoms with van der Waals surface area (Å²) in [5, 5.41) is 4.60. The molecule has 2 nitrogen and oxygen atoms in total. The van der Waals surface area contributed by atoms with Crippen LogP contribution < -0.4 is 10.1 Å². The first-order valence-electron chi connectivity index (χ1n) is 10.8. The van der Waals surface area contributed by atoms with Gasteiger partial charge in [0, 0.05) is 16.6 Å². The van der Waals surface area contributed by atoms with Gasteiger partial charge in [0.25, 0.3) is 0 Å². The second-order valence-corrected chi connectivity index (χ2v) is 8.59. The third-order valence-electron chi connectivity index (χ3n) is 6.30. The molecular weight excluding hydrogens is 390 g/mol. The number of aryl methyl sites for hydroxylation is 1. The monoisotopic (exact) mass is 415 g/mol. The lowest BCUT2D eigenvalue weighted by atomic mass is 9.77. The Morgan fingerprint density at radius 2 is 1.77 bits per heavy atom. The number of benzene rings is 3. The minimum absolute atomic E-state index is 0.226. The summed E-state index contributed by atoms with van der Waals surface area (Å²) in [6.07, 6.45) is 7.78. The van der Waals surface area contributed by atoms with Crippen molar-refractivity contribution in [1.29, 1.82) is 0 Å². The maximum Gasteiger partial charge on any atom is 0.119 e. The van der Waals surface area contributed by atoms with Crippen molar-refractivity contribution in [2.75, 3.05) is 11.9 Å². The van der Waals surface area contributed by atoms with Crippen LogP contribution >= 0.6 is 11.6 Å². The van der Waals surface area contributed by atoms with Crippen LogP contribution in [0.5, 0.6) is 5.75 Å². The number of fused-ring (bicyclic) bond motifs is 3. The van der Waals surface area contributed by atoms with E-state index in [1.54, 1.807) is 0 Å². The summed E-state index contributed by atoms with van der Waals surface area (Å²) in [5.74, 6) is 1.83. The zero-order valence-electron chi connectivity index (χ0n) is 16.9. The van der Waals surface area contributed by atoms with E-state index >= 15 is 0 Å². The number of rotatable bonds is 6. The summed E-state index contributed by atoms with van der Waals surface area (Å²) in [7, 11) is 0. The third-order valence-corrected chi connectivity index (χ3v) is 6.64. The quantitative estimate of drug-likeness (QED) is 0.340. The van der Waals surface area contributed by atoms with Gasteiger partial charge in [-0.2, -0.15) is 0 Å². The van der Waals surface area contributed by atoms with E-state index < -0.39 is 0 Å². The van der Waals surface area contributed by atoms with Gasteiger partial charge in [-0.25, -0.2) is 0 Å². The lowest BCUT2D eigenvalue weighted by Crippen LogP contribution is -2.29. The van der Waals surface area contributed by atoms with Gasteiger partial charge in [-0.15, -0.1) is 0 Å². The molecule has 2 aliphatic rings. The minimum Gasteiger partial charge on any atom is -0.494 e. The van der Waals surface area contributed by atoms with Crippen LogP contribution in [0.2, 0.25) is 5.02 Å². The number of ether oxygens (including phenoxy) is 1. The Hall–Kier alpha value is -2.71. The van der Waals surface area contributed by atoms with E-state index in [9.17, 15) is 0 Å². The van der Waals surface area contributed by atoms with Gasteiger partial charge in [-0.1, -0.05) is 72.3 Å². The Kier molecular flexibility index (Phi) is 5.50. The minimum atomic E-state index is 0.226. The Balaban J connectivity index is 1.30. The highest BCUT2D eigenvalue weighted by Gasteiger charge is 2.38. The summed E-state index contributed by atoms with van der Waals surface area (Å²) >= 11 is 6.54. The molecule has 0 bridgehead atoms. The standard InChI is InChI=1S/C27H26ClNO/c28-25-14-5-4-11-23(25)27-22-13-6-12-21(22)24-18-20(15-16-26(24)29-27)30-17-7-10-19-8-2-1-3-9-19/h1-6,8-9,11-12,14-16,18,21-22,27,29H,7,10,13,17H2. The fourth-order valence-corrected chi connectivity index (χ4v) is 5.06. The second kappa shape index (κ2) is 8.57. The maximum absolute atomic E-state index is 6.54. The molecule has 5 rings (SSSR count). The molecule has 0 saturated carbocycles. The topological polar surface area (TPSA) is 21.3 Å². The molecule has 3 aromatic carbocycles. The smallest absolute Gasteiger partial charge is 0.119 e. The Labute approximate surface area is 183 Å². The third kappa shape index (κ3) is 3.85. The van der Waals surface area contributed by atoms with Crippen molar-refractivity contribution in [2.24, 2.45) is 5.92 Å². The van der Waals surface area contributed by atoms with E-state index in [0.29, 0.717) is 11.8 Å². The van der Waals surface area contributed by atoms with E-state index in [1.165, 1.54) is 22.4 Å². The summed E-state index contributed by atoms with van der Waals surface area (Å²) in [6.45, 7) is 0.729. The van der Waals surface area contributed by atoms with Crippen molar-refractivity contribution in [1.82, 2.24) is 0 Å². The van der Waals surface area contributed by atoms with Crippen molar-refractivity contribution in [3.8, 4) is 5.75 Å². The number of anilines is 1. The first-order valence-corrected chi connectivity index (χ1v) is 11.2. The highest BCUT2D eigenvalue weighted by molar-refractivity contribution is 6.31. The van der Waals surface area contributed by atoms with Gasteiger partial charge in [0.15, 0.2) is 0 Å². The molecule has 3 aromatic rings.